The molecule has 0 aliphatic heterocycles. The quantitative estimate of drug-likeness (QED) is 0.340. The van der Waals surface area contributed by atoms with Gasteiger partial charge in [-0.15, -0.1) is 11.8 Å². The number of nitrogens with zero attached hydrogens (tertiary/aromatic N) is 4. The normalized spacial score (nSPS) is 12.5. The zero-order valence-electron chi connectivity index (χ0n) is 15.3. The number of rotatable bonds is 6. The van der Waals surface area contributed by atoms with Gasteiger partial charge in [-0.2, -0.15) is 13.2 Å². The van der Waals surface area contributed by atoms with Gasteiger partial charge in [0.15, 0.2) is 6.61 Å². The lowest BCUT2D eigenvalue weighted by Crippen LogP contribution is -2.21. The molecule has 0 amide bonds. The molecule has 0 N–H and O–H groups in total. The number of pyridine rings is 1. The number of fused-ring (bicyclic) bond motifs is 1. The molecular weight excluding hydrogens is 414 g/mol. The smallest absolute Gasteiger partial charge is 0.433 e. The monoisotopic (exact) mass is 428 g/mol. The highest BCUT2D eigenvalue weighted by molar-refractivity contribution is 7.99. The maximum atomic E-state index is 13.0. The van der Waals surface area contributed by atoms with Gasteiger partial charge in [-0.25, -0.2) is 23.7 Å². The van der Waals surface area contributed by atoms with E-state index in [2.05, 4.69) is 15.0 Å². The highest BCUT2D eigenvalue weighted by Crippen LogP contribution is 2.33. The SMILES string of the molecule is [B]c1c(-c2ncc(OCC(C)(F)F)cc2SCC)nc2cc(C(F)(F)F)ncn12. The van der Waals surface area contributed by atoms with E-state index in [0.29, 0.717) is 16.3 Å². The predicted octanol–water partition coefficient (Wildman–Crippen LogP) is 3.75. The Morgan fingerprint density at radius 2 is 1.86 bits per heavy atom. The van der Waals surface area contributed by atoms with Crippen LogP contribution in [0, 0.1) is 0 Å². The van der Waals surface area contributed by atoms with Gasteiger partial charge >= 0.3 is 6.18 Å². The minimum absolute atomic E-state index is 0.0416. The van der Waals surface area contributed by atoms with E-state index < -0.39 is 24.4 Å². The average molecular weight is 428 g/mol. The van der Waals surface area contributed by atoms with Crippen molar-refractivity contribution in [1.82, 2.24) is 19.4 Å². The second-order valence-electron chi connectivity index (χ2n) is 6.16. The Hall–Kier alpha value is -2.37. The van der Waals surface area contributed by atoms with Crippen molar-refractivity contribution in [1.29, 1.82) is 0 Å². The van der Waals surface area contributed by atoms with E-state index in [-0.39, 0.29) is 22.7 Å². The van der Waals surface area contributed by atoms with Crippen LogP contribution in [0.5, 0.6) is 5.75 Å². The van der Waals surface area contributed by atoms with Crippen LogP contribution in [0.2, 0.25) is 0 Å². The minimum Gasteiger partial charge on any atom is -0.486 e. The Kier molecular flexibility index (Phi) is 5.75. The van der Waals surface area contributed by atoms with Crippen LogP contribution in [0.15, 0.2) is 29.6 Å². The fourth-order valence-corrected chi connectivity index (χ4v) is 3.25. The Morgan fingerprint density at radius 1 is 1.14 bits per heavy atom. The molecule has 3 rings (SSSR count). The summed E-state index contributed by atoms with van der Waals surface area (Å²) >= 11 is 1.34. The number of hydrogen-bond donors (Lipinski definition) is 0. The second-order valence-corrected chi connectivity index (χ2v) is 7.46. The van der Waals surface area contributed by atoms with E-state index >= 15 is 0 Å². The summed E-state index contributed by atoms with van der Waals surface area (Å²) in [6, 6.07) is 2.30. The van der Waals surface area contributed by atoms with Crippen LogP contribution in [0.25, 0.3) is 17.0 Å². The molecule has 0 aromatic carbocycles. The van der Waals surface area contributed by atoms with Crippen LogP contribution in [0.3, 0.4) is 0 Å². The maximum Gasteiger partial charge on any atom is 0.433 e. The van der Waals surface area contributed by atoms with Crippen molar-refractivity contribution in [2.45, 2.75) is 30.8 Å². The summed E-state index contributed by atoms with van der Waals surface area (Å²) in [4.78, 5) is 12.3. The first-order valence-corrected chi connectivity index (χ1v) is 9.33. The minimum atomic E-state index is -4.62. The van der Waals surface area contributed by atoms with Gasteiger partial charge in [-0.3, -0.25) is 4.40 Å². The van der Waals surface area contributed by atoms with Gasteiger partial charge in [-0.05, 0) is 11.8 Å². The Balaban J connectivity index is 2.04. The number of aromatic nitrogens is 4. The molecule has 0 saturated carbocycles. The summed E-state index contributed by atoms with van der Waals surface area (Å²) in [5, 5.41) is 0. The highest BCUT2D eigenvalue weighted by atomic mass is 32.2. The molecule has 152 valence electrons. The molecule has 29 heavy (non-hydrogen) atoms. The molecule has 3 aromatic rings. The van der Waals surface area contributed by atoms with Gasteiger partial charge in [0, 0.05) is 23.5 Å². The standard InChI is InChI=1S/C17H14BF5N4OS/c1-3-29-10-4-9(28-7-16(2,19)20)6-24-13(10)14-15(18)27-8-25-11(17(21,22)23)5-12(27)26-14/h4-6,8H,3,7H2,1-2H3. The molecule has 3 aromatic heterocycles. The van der Waals surface area contributed by atoms with Crippen molar-refractivity contribution >= 4 is 30.8 Å². The van der Waals surface area contributed by atoms with Gasteiger partial charge < -0.3 is 4.74 Å². The zero-order valence-corrected chi connectivity index (χ0v) is 16.1. The van der Waals surface area contributed by atoms with Crippen LogP contribution in [-0.4, -0.2) is 45.5 Å². The summed E-state index contributed by atoms with van der Waals surface area (Å²) < 4.78 is 71.0. The maximum absolute atomic E-state index is 13.0. The molecule has 0 aliphatic rings. The zero-order chi connectivity index (χ0) is 21.4. The lowest BCUT2D eigenvalue weighted by molar-refractivity contribution is -0.141. The van der Waals surface area contributed by atoms with E-state index in [1.54, 1.807) is 0 Å². The third kappa shape index (κ3) is 4.80. The van der Waals surface area contributed by atoms with Crippen molar-refractivity contribution in [3.8, 4) is 17.1 Å². The largest absolute Gasteiger partial charge is 0.486 e. The fourth-order valence-electron chi connectivity index (χ4n) is 2.45. The van der Waals surface area contributed by atoms with Crippen molar-refractivity contribution in [3.63, 3.8) is 0 Å². The van der Waals surface area contributed by atoms with Gasteiger partial charge in [0.05, 0.1) is 6.20 Å². The number of hydrogen-bond acceptors (Lipinski definition) is 5. The summed E-state index contributed by atoms with van der Waals surface area (Å²) in [6.45, 7) is 1.79. The second kappa shape index (κ2) is 7.81. The van der Waals surface area contributed by atoms with Crippen LogP contribution < -0.4 is 10.3 Å². The van der Waals surface area contributed by atoms with Gasteiger partial charge in [-0.1, -0.05) is 6.92 Å². The first kappa shape index (κ1) is 21.3. The van der Waals surface area contributed by atoms with Gasteiger partial charge in [0.25, 0.3) is 5.92 Å². The van der Waals surface area contributed by atoms with Crippen LogP contribution in [-0.2, 0) is 6.18 Å². The number of thioether (sulfide) groups is 1. The Morgan fingerprint density at radius 3 is 2.48 bits per heavy atom. The molecule has 0 saturated heterocycles. The summed E-state index contributed by atoms with van der Waals surface area (Å²) in [6.07, 6.45) is -2.44. The number of ether oxygens (including phenoxy) is 1. The molecule has 0 atom stereocenters. The third-order valence-electron chi connectivity index (χ3n) is 3.69. The van der Waals surface area contributed by atoms with E-state index in [4.69, 9.17) is 12.6 Å². The summed E-state index contributed by atoms with van der Waals surface area (Å²) in [7, 11) is 6.05. The van der Waals surface area contributed by atoms with Crippen LogP contribution >= 0.6 is 11.8 Å². The molecule has 0 spiro atoms. The molecule has 5 nitrogen and oxygen atoms in total. The van der Waals surface area contributed by atoms with Crippen LogP contribution in [0.1, 0.15) is 19.5 Å². The first-order chi connectivity index (χ1) is 13.5. The van der Waals surface area contributed by atoms with Crippen molar-refractivity contribution in [3.05, 3.63) is 30.4 Å². The number of imidazole rings is 1. The molecular formula is C17H14BF5N4OS. The Bertz CT molecular complexity index is 1040. The van der Waals surface area contributed by atoms with E-state index in [1.165, 1.54) is 28.4 Å². The molecule has 3 heterocycles. The topological polar surface area (TPSA) is 52.3 Å². The molecule has 0 bridgehead atoms. The lowest BCUT2D eigenvalue weighted by Gasteiger charge is -2.13. The average Bonchev–Trinajstić information content (AvgIpc) is 2.95. The molecule has 0 aliphatic carbocycles. The van der Waals surface area contributed by atoms with Gasteiger partial charge in [0.1, 0.15) is 42.7 Å². The van der Waals surface area contributed by atoms with E-state index in [0.717, 1.165) is 19.3 Å². The van der Waals surface area contributed by atoms with Crippen LogP contribution in [0.4, 0.5) is 22.0 Å². The third-order valence-corrected chi connectivity index (χ3v) is 4.60. The van der Waals surface area contributed by atoms with Crippen molar-refractivity contribution < 1.29 is 26.7 Å². The van der Waals surface area contributed by atoms with Gasteiger partial charge in [0.2, 0.25) is 0 Å². The van der Waals surface area contributed by atoms with E-state index in [1.807, 2.05) is 6.92 Å². The highest BCUT2D eigenvalue weighted by Gasteiger charge is 2.33. The molecule has 0 unspecified atom stereocenters. The Labute approximate surface area is 168 Å². The van der Waals surface area contributed by atoms with Crippen molar-refractivity contribution in [2.24, 2.45) is 0 Å². The van der Waals surface area contributed by atoms with Crippen molar-refractivity contribution in [2.75, 3.05) is 12.4 Å². The first-order valence-electron chi connectivity index (χ1n) is 8.34. The number of alkyl halides is 5. The summed E-state index contributed by atoms with van der Waals surface area (Å²) in [5.41, 5.74) is -0.612. The number of halogens is 5. The lowest BCUT2D eigenvalue weighted by atomic mass is 10.00. The summed E-state index contributed by atoms with van der Waals surface area (Å²) in [5.74, 6) is -2.25. The fraction of sp³-hybridized carbons (Fsp3) is 0.353. The predicted molar refractivity (Wildman–Crippen MR) is 99.1 cm³/mol. The van der Waals surface area contributed by atoms with E-state index in [9.17, 15) is 22.0 Å². The molecule has 2 radical (unpaired) electrons. The molecule has 0 fully saturated rings. The molecule has 12 heteroatoms.